The molecular weight excluding hydrogens is 348 g/mol. The maximum Gasteiger partial charge on any atom is 0.287 e. The van der Waals surface area contributed by atoms with Crippen LogP contribution in [0.2, 0.25) is 0 Å². The molecule has 1 aromatic carbocycles. The second kappa shape index (κ2) is 8.89. The molecule has 0 amide bonds. The van der Waals surface area contributed by atoms with Crippen LogP contribution in [0.5, 0.6) is 5.75 Å². The minimum absolute atomic E-state index is 0.126. The first-order chi connectivity index (χ1) is 12.0. The molecule has 1 atom stereocenters. The molecule has 0 radical (unpaired) electrons. The summed E-state index contributed by atoms with van der Waals surface area (Å²) in [6.45, 7) is 10.6. The smallest absolute Gasteiger partial charge is 0.287 e. The van der Waals surface area contributed by atoms with Gasteiger partial charge in [-0.15, -0.1) is 4.40 Å². The van der Waals surface area contributed by atoms with Crippen LogP contribution in [0, 0.1) is 11.3 Å². The first-order valence-electron chi connectivity index (χ1n) is 9.16. The SMILES string of the molecule is CCC(C)(CC)C(C)Cc1ccc(OC)c(S(=O)(=O)/N=C(\C)N(C)C)c1. The second-order valence-electron chi connectivity index (χ2n) is 7.46. The summed E-state index contributed by atoms with van der Waals surface area (Å²) in [5.41, 5.74) is 1.22. The lowest BCUT2D eigenvalue weighted by Gasteiger charge is -2.34. The summed E-state index contributed by atoms with van der Waals surface area (Å²) >= 11 is 0. The van der Waals surface area contributed by atoms with E-state index in [-0.39, 0.29) is 10.3 Å². The molecular formula is C20H34N2O3S. The van der Waals surface area contributed by atoms with Crippen LogP contribution < -0.4 is 4.74 Å². The second-order valence-corrected chi connectivity index (χ2v) is 9.03. The number of sulfonamides is 1. The summed E-state index contributed by atoms with van der Waals surface area (Å²) < 4.78 is 34.8. The van der Waals surface area contributed by atoms with Gasteiger partial charge in [0, 0.05) is 14.1 Å². The van der Waals surface area contributed by atoms with Crippen LogP contribution in [0.3, 0.4) is 0 Å². The maximum atomic E-state index is 12.8. The fraction of sp³-hybridized carbons (Fsp3) is 0.650. The van der Waals surface area contributed by atoms with Crippen molar-refractivity contribution in [3.63, 3.8) is 0 Å². The number of nitrogens with zero attached hydrogens (tertiary/aromatic N) is 2. The maximum absolute atomic E-state index is 12.8. The predicted molar refractivity (Wildman–Crippen MR) is 109 cm³/mol. The van der Waals surface area contributed by atoms with Crippen LogP contribution in [-0.4, -0.2) is 40.4 Å². The van der Waals surface area contributed by atoms with E-state index < -0.39 is 10.0 Å². The van der Waals surface area contributed by atoms with Gasteiger partial charge in [0.25, 0.3) is 10.0 Å². The third kappa shape index (κ3) is 5.22. The first kappa shape index (κ1) is 22.5. The molecule has 0 fully saturated rings. The van der Waals surface area contributed by atoms with Gasteiger partial charge in [0.1, 0.15) is 16.5 Å². The summed E-state index contributed by atoms with van der Waals surface area (Å²) in [6.07, 6.45) is 3.01. The molecule has 0 aliphatic heterocycles. The van der Waals surface area contributed by atoms with Crippen LogP contribution in [0.4, 0.5) is 0 Å². The Kier molecular flexibility index (Phi) is 7.69. The van der Waals surface area contributed by atoms with E-state index in [1.807, 2.05) is 6.07 Å². The van der Waals surface area contributed by atoms with Gasteiger partial charge in [-0.05, 0) is 42.4 Å². The van der Waals surface area contributed by atoms with Crippen molar-refractivity contribution in [2.75, 3.05) is 21.2 Å². The quantitative estimate of drug-likeness (QED) is 0.495. The molecule has 1 rings (SSSR count). The van der Waals surface area contributed by atoms with E-state index in [0.717, 1.165) is 24.8 Å². The molecule has 0 heterocycles. The topological polar surface area (TPSA) is 59.0 Å². The Balaban J connectivity index is 3.31. The molecule has 26 heavy (non-hydrogen) atoms. The minimum Gasteiger partial charge on any atom is -0.495 e. The molecule has 5 nitrogen and oxygen atoms in total. The van der Waals surface area contributed by atoms with Gasteiger partial charge in [-0.2, -0.15) is 8.42 Å². The number of ether oxygens (including phenoxy) is 1. The summed E-state index contributed by atoms with van der Waals surface area (Å²) in [7, 11) is 1.17. The Morgan fingerprint density at radius 3 is 2.31 bits per heavy atom. The average Bonchev–Trinajstić information content (AvgIpc) is 2.60. The van der Waals surface area contributed by atoms with Crippen LogP contribution in [0.1, 0.15) is 53.0 Å². The molecule has 6 heteroatoms. The lowest BCUT2D eigenvalue weighted by molar-refractivity contribution is 0.183. The number of rotatable bonds is 8. The molecule has 148 valence electrons. The van der Waals surface area contributed by atoms with Gasteiger partial charge in [-0.1, -0.05) is 46.6 Å². The fourth-order valence-corrected chi connectivity index (χ4v) is 4.22. The van der Waals surface area contributed by atoms with Gasteiger partial charge in [0.15, 0.2) is 0 Å². The van der Waals surface area contributed by atoms with Crippen LogP contribution in [-0.2, 0) is 16.4 Å². The van der Waals surface area contributed by atoms with Crippen molar-refractivity contribution in [1.82, 2.24) is 4.90 Å². The van der Waals surface area contributed by atoms with E-state index in [9.17, 15) is 8.42 Å². The fourth-order valence-electron chi connectivity index (χ4n) is 2.90. The average molecular weight is 383 g/mol. The molecule has 0 bridgehead atoms. The standard InChI is InChI=1S/C20H34N2O3S/c1-9-20(5,10-2)15(3)13-17-11-12-18(25-8)19(14-17)26(23,24)21-16(4)22(6)7/h11-12,14-15H,9-10,13H2,1-8H3/b21-16+. The number of amidine groups is 1. The van der Waals surface area contributed by atoms with Crippen molar-refractivity contribution in [2.45, 2.75) is 58.8 Å². The van der Waals surface area contributed by atoms with Crippen molar-refractivity contribution >= 4 is 15.9 Å². The molecule has 0 saturated heterocycles. The van der Waals surface area contributed by atoms with E-state index in [4.69, 9.17) is 4.74 Å². The Hall–Kier alpha value is -1.56. The van der Waals surface area contributed by atoms with E-state index in [0.29, 0.717) is 17.5 Å². The zero-order chi connectivity index (χ0) is 20.1. The Morgan fingerprint density at radius 2 is 1.85 bits per heavy atom. The van der Waals surface area contributed by atoms with E-state index >= 15 is 0 Å². The summed E-state index contributed by atoms with van der Waals surface area (Å²) in [6, 6.07) is 5.39. The van der Waals surface area contributed by atoms with E-state index in [1.54, 1.807) is 38.1 Å². The largest absolute Gasteiger partial charge is 0.495 e. The lowest BCUT2D eigenvalue weighted by atomic mass is 9.71. The first-order valence-corrected chi connectivity index (χ1v) is 10.6. The van der Waals surface area contributed by atoms with Crippen molar-refractivity contribution in [3.8, 4) is 5.75 Å². The monoisotopic (exact) mass is 382 g/mol. The van der Waals surface area contributed by atoms with Gasteiger partial charge in [-0.25, -0.2) is 0 Å². The van der Waals surface area contributed by atoms with Gasteiger partial charge in [0.05, 0.1) is 7.11 Å². The Morgan fingerprint density at radius 1 is 1.27 bits per heavy atom. The van der Waals surface area contributed by atoms with Gasteiger partial charge >= 0.3 is 0 Å². The van der Waals surface area contributed by atoms with Crippen LogP contribution >= 0.6 is 0 Å². The third-order valence-electron chi connectivity index (χ3n) is 5.75. The van der Waals surface area contributed by atoms with Crippen molar-refractivity contribution in [2.24, 2.45) is 15.7 Å². The molecule has 0 aliphatic carbocycles. The molecule has 1 unspecified atom stereocenters. The van der Waals surface area contributed by atoms with Crippen molar-refractivity contribution in [1.29, 1.82) is 0 Å². The third-order valence-corrected chi connectivity index (χ3v) is 7.13. The number of hydrogen-bond acceptors (Lipinski definition) is 3. The highest BCUT2D eigenvalue weighted by atomic mass is 32.2. The highest BCUT2D eigenvalue weighted by Gasteiger charge is 2.28. The van der Waals surface area contributed by atoms with Crippen molar-refractivity contribution in [3.05, 3.63) is 23.8 Å². The highest BCUT2D eigenvalue weighted by molar-refractivity contribution is 7.90. The summed E-state index contributed by atoms with van der Waals surface area (Å²) in [4.78, 5) is 1.80. The Bertz CT molecular complexity index is 735. The molecule has 0 aromatic heterocycles. The number of methoxy groups -OCH3 is 1. The highest BCUT2D eigenvalue weighted by Crippen LogP contribution is 2.37. The molecule has 0 spiro atoms. The molecule has 1 aromatic rings. The van der Waals surface area contributed by atoms with Gasteiger partial charge in [-0.3, -0.25) is 0 Å². The Labute approximate surface area is 159 Å². The zero-order valence-corrected chi connectivity index (χ0v) is 18.3. The lowest BCUT2D eigenvalue weighted by Crippen LogP contribution is -2.25. The summed E-state index contributed by atoms with van der Waals surface area (Å²) in [5, 5.41) is 0. The van der Waals surface area contributed by atoms with E-state index in [1.165, 1.54) is 7.11 Å². The van der Waals surface area contributed by atoms with Gasteiger partial charge in [0.2, 0.25) is 0 Å². The predicted octanol–water partition coefficient (Wildman–Crippen LogP) is 4.37. The zero-order valence-electron chi connectivity index (χ0n) is 17.5. The number of benzene rings is 1. The summed E-state index contributed by atoms with van der Waals surface area (Å²) in [5.74, 6) is 1.19. The van der Waals surface area contributed by atoms with Crippen LogP contribution in [0.25, 0.3) is 0 Å². The molecule has 0 N–H and O–H groups in total. The van der Waals surface area contributed by atoms with Crippen LogP contribution in [0.15, 0.2) is 27.5 Å². The molecule has 0 saturated carbocycles. The van der Waals surface area contributed by atoms with Gasteiger partial charge < -0.3 is 9.64 Å². The normalized spacial score (nSPS) is 14.2. The van der Waals surface area contributed by atoms with E-state index in [2.05, 4.69) is 32.1 Å². The minimum atomic E-state index is -3.83. The number of hydrogen-bond donors (Lipinski definition) is 0. The molecule has 0 aliphatic rings. The van der Waals surface area contributed by atoms with Crippen molar-refractivity contribution < 1.29 is 13.2 Å².